The zero-order valence-electron chi connectivity index (χ0n) is 22.7. The van der Waals surface area contributed by atoms with Gasteiger partial charge in [-0.25, -0.2) is 8.42 Å². The van der Waals surface area contributed by atoms with Gasteiger partial charge in [0.25, 0.3) is 0 Å². The zero-order chi connectivity index (χ0) is 27.0. The molecule has 7 nitrogen and oxygen atoms in total. The van der Waals surface area contributed by atoms with Crippen molar-refractivity contribution >= 4 is 27.5 Å². The smallest absolute Gasteiger partial charge is 0.242 e. The molecule has 1 atom stereocenters. The summed E-state index contributed by atoms with van der Waals surface area (Å²) in [6, 6.07) is 12.7. The van der Waals surface area contributed by atoms with Gasteiger partial charge in [-0.1, -0.05) is 44.2 Å². The Bertz CT molecular complexity index is 1160. The Morgan fingerprint density at radius 2 is 1.61 bits per heavy atom. The lowest BCUT2D eigenvalue weighted by Gasteiger charge is -2.30. The minimum absolute atomic E-state index is 0.130. The van der Waals surface area contributed by atoms with E-state index < -0.39 is 16.1 Å². The number of benzene rings is 2. The molecule has 1 N–H and O–H groups in total. The van der Waals surface area contributed by atoms with Gasteiger partial charge >= 0.3 is 0 Å². The fourth-order valence-corrected chi connectivity index (χ4v) is 4.85. The minimum atomic E-state index is -3.52. The molecule has 0 saturated heterocycles. The number of aryl methyl sites for hydroxylation is 3. The Morgan fingerprint density at radius 3 is 2.19 bits per heavy atom. The van der Waals surface area contributed by atoms with Gasteiger partial charge in [-0.3, -0.25) is 13.9 Å². The molecule has 1 unspecified atom stereocenters. The fraction of sp³-hybridized carbons (Fsp3) is 0.500. The molecule has 0 aliphatic rings. The van der Waals surface area contributed by atoms with Gasteiger partial charge in [0, 0.05) is 26.1 Å². The number of hydrogen-bond donors (Lipinski definition) is 1. The highest BCUT2D eigenvalue weighted by Crippen LogP contribution is 2.22. The number of carbonyl (C=O) groups excluding carboxylic acids is 2. The number of carbonyl (C=O) groups is 2. The molecular weight excluding hydrogens is 474 g/mol. The molecule has 0 aliphatic heterocycles. The molecule has 0 fully saturated rings. The molecule has 0 aliphatic carbocycles. The second kappa shape index (κ2) is 12.9. The molecule has 2 aromatic carbocycles. The van der Waals surface area contributed by atoms with Gasteiger partial charge in [-0.2, -0.15) is 0 Å². The molecule has 0 saturated carbocycles. The topological polar surface area (TPSA) is 86.8 Å². The van der Waals surface area contributed by atoms with E-state index in [0.717, 1.165) is 22.3 Å². The van der Waals surface area contributed by atoms with Crippen molar-refractivity contribution in [3.8, 4) is 0 Å². The molecule has 198 valence electrons. The van der Waals surface area contributed by atoms with Crippen LogP contribution in [0, 0.1) is 26.7 Å². The van der Waals surface area contributed by atoms with E-state index in [1.54, 1.807) is 17.9 Å². The first-order valence-electron chi connectivity index (χ1n) is 12.5. The summed E-state index contributed by atoms with van der Waals surface area (Å²) in [7, 11) is -3.52. The van der Waals surface area contributed by atoms with Crippen molar-refractivity contribution in [1.29, 1.82) is 0 Å². The van der Waals surface area contributed by atoms with Crippen LogP contribution in [0.3, 0.4) is 0 Å². The lowest BCUT2D eigenvalue weighted by molar-refractivity contribution is -0.140. The third kappa shape index (κ3) is 8.36. The maximum Gasteiger partial charge on any atom is 0.242 e. The van der Waals surface area contributed by atoms with Gasteiger partial charge in [-0.15, -0.1) is 0 Å². The van der Waals surface area contributed by atoms with E-state index in [9.17, 15) is 18.0 Å². The van der Waals surface area contributed by atoms with Crippen LogP contribution in [0.25, 0.3) is 0 Å². The quantitative estimate of drug-likeness (QED) is 0.455. The van der Waals surface area contributed by atoms with Crippen molar-refractivity contribution in [1.82, 2.24) is 10.2 Å². The SMILES string of the molecule is Cc1ccc(N(CCCC(=O)N(Cc2ccccc2C)C(C)C(=O)NCC(C)C)S(C)(=O)=O)cc1C. The van der Waals surface area contributed by atoms with E-state index in [4.69, 9.17) is 0 Å². The Balaban J connectivity index is 2.19. The number of anilines is 1. The molecular formula is C28H41N3O4S. The lowest BCUT2D eigenvalue weighted by Crippen LogP contribution is -2.48. The molecule has 0 bridgehead atoms. The summed E-state index contributed by atoms with van der Waals surface area (Å²) in [5.41, 5.74) is 4.69. The second-order valence-corrected chi connectivity index (χ2v) is 11.9. The van der Waals surface area contributed by atoms with Crippen molar-refractivity contribution in [2.24, 2.45) is 5.92 Å². The third-order valence-corrected chi connectivity index (χ3v) is 7.58. The highest BCUT2D eigenvalue weighted by molar-refractivity contribution is 7.92. The van der Waals surface area contributed by atoms with Crippen molar-refractivity contribution < 1.29 is 18.0 Å². The number of hydrogen-bond acceptors (Lipinski definition) is 4. The molecule has 0 aromatic heterocycles. The van der Waals surface area contributed by atoms with Gasteiger partial charge in [0.05, 0.1) is 11.9 Å². The summed E-state index contributed by atoms with van der Waals surface area (Å²) < 4.78 is 26.4. The predicted octanol–water partition coefficient (Wildman–Crippen LogP) is 4.35. The third-order valence-electron chi connectivity index (χ3n) is 6.38. The van der Waals surface area contributed by atoms with Crippen molar-refractivity contribution in [2.75, 3.05) is 23.7 Å². The molecule has 0 spiro atoms. The first-order valence-corrected chi connectivity index (χ1v) is 14.3. The monoisotopic (exact) mass is 515 g/mol. The second-order valence-electron chi connectivity index (χ2n) is 9.97. The lowest BCUT2D eigenvalue weighted by atomic mass is 10.1. The van der Waals surface area contributed by atoms with Gasteiger partial charge < -0.3 is 10.2 Å². The standard InChI is InChI=1S/C28H41N3O4S/c1-20(2)18-29-28(33)24(6)30(19-25-12-9-8-11-22(25)4)27(32)13-10-16-31(36(7,34)35)26-15-14-21(3)23(5)17-26/h8-9,11-12,14-15,17,20,24H,10,13,16,18-19H2,1-7H3,(H,29,33). The van der Waals surface area contributed by atoms with E-state index in [1.165, 1.54) is 10.6 Å². The maximum absolute atomic E-state index is 13.4. The number of sulfonamides is 1. The van der Waals surface area contributed by atoms with Crippen molar-refractivity contribution in [3.63, 3.8) is 0 Å². The highest BCUT2D eigenvalue weighted by Gasteiger charge is 2.27. The molecule has 8 heteroatoms. The van der Waals surface area contributed by atoms with Crippen LogP contribution >= 0.6 is 0 Å². The summed E-state index contributed by atoms with van der Waals surface area (Å²) in [4.78, 5) is 27.8. The van der Waals surface area contributed by atoms with E-state index in [0.29, 0.717) is 31.1 Å². The number of amides is 2. The Morgan fingerprint density at radius 1 is 0.944 bits per heavy atom. The van der Waals surface area contributed by atoms with Crippen LogP contribution in [-0.4, -0.2) is 50.5 Å². The van der Waals surface area contributed by atoms with Crippen molar-refractivity contribution in [3.05, 3.63) is 64.7 Å². The van der Waals surface area contributed by atoms with Crippen LogP contribution < -0.4 is 9.62 Å². The average Bonchev–Trinajstić information content (AvgIpc) is 2.80. The van der Waals surface area contributed by atoms with E-state index >= 15 is 0 Å². The molecule has 36 heavy (non-hydrogen) atoms. The number of nitrogens with zero attached hydrogens (tertiary/aromatic N) is 2. The van der Waals surface area contributed by atoms with E-state index in [1.807, 2.05) is 71.0 Å². The van der Waals surface area contributed by atoms with Crippen LogP contribution in [-0.2, 0) is 26.2 Å². The summed E-state index contributed by atoms with van der Waals surface area (Å²) in [5, 5.41) is 2.92. The van der Waals surface area contributed by atoms with E-state index in [2.05, 4.69) is 5.32 Å². The minimum Gasteiger partial charge on any atom is -0.354 e. The molecule has 0 heterocycles. The first-order chi connectivity index (χ1) is 16.8. The fourth-order valence-electron chi connectivity index (χ4n) is 3.89. The summed E-state index contributed by atoms with van der Waals surface area (Å²) in [6.45, 7) is 12.7. The van der Waals surface area contributed by atoms with Crippen LogP contribution in [0.2, 0.25) is 0 Å². The normalized spacial score (nSPS) is 12.3. The molecule has 2 aromatic rings. The van der Waals surface area contributed by atoms with Crippen LogP contribution in [0.5, 0.6) is 0 Å². The first kappa shape index (κ1) is 29.4. The van der Waals surface area contributed by atoms with Crippen LogP contribution in [0.15, 0.2) is 42.5 Å². The molecule has 2 amide bonds. The Kier molecular flexibility index (Phi) is 10.5. The highest BCUT2D eigenvalue weighted by atomic mass is 32.2. The number of rotatable bonds is 12. The van der Waals surface area contributed by atoms with Gasteiger partial charge in [-0.05, 0) is 74.4 Å². The molecule has 2 rings (SSSR count). The summed E-state index contributed by atoms with van der Waals surface area (Å²) in [5.74, 6) is -0.0772. The summed E-state index contributed by atoms with van der Waals surface area (Å²) >= 11 is 0. The predicted molar refractivity (Wildman–Crippen MR) is 146 cm³/mol. The van der Waals surface area contributed by atoms with E-state index in [-0.39, 0.29) is 24.8 Å². The molecule has 0 radical (unpaired) electrons. The van der Waals surface area contributed by atoms with Crippen LogP contribution in [0.4, 0.5) is 5.69 Å². The maximum atomic E-state index is 13.4. The largest absolute Gasteiger partial charge is 0.354 e. The zero-order valence-corrected chi connectivity index (χ0v) is 23.5. The Labute approximate surface area is 216 Å². The summed E-state index contributed by atoms with van der Waals surface area (Å²) in [6.07, 6.45) is 1.64. The van der Waals surface area contributed by atoms with Crippen LogP contribution in [0.1, 0.15) is 55.9 Å². The van der Waals surface area contributed by atoms with Gasteiger partial charge in [0.2, 0.25) is 21.8 Å². The van der Waals surface area contributed by atoms with Crippen molar-refractivity contribution in [2.45, 2.75) is 67.0 Å². The average molecular weight is 516 g/mol. The van der Waals surface area contributed by atoms with Gasteiger partial charge in [0.15, 0.2) is 0 Å². The Hall–Kier alpha value is -2.87. The van der Waals surface area contributed by atoms with Gasteiger partial charge in [0.1, 0.15) is 6.04 Å². The number of nitrogens with one attached hydrogen (secondary N) is 1.